The minimum absolute atomic E-state index is 0.322. The van der Waals surface area contributed by atoms with E-state index in [2.05, 4.69) is 56.0 Å². The number of aromatic hydroxyl groups is 1. The predicted octanol–water partition coefficient (Wildman–Crippen LogP) is 4.39. The summed E-state index contributed by atoms with van der Waals surface area (Å²) in [5, 5.41) is 8.63. The van der Waals surface area contributed by atoms with E-state index in [0.717, 1.165) is 0 Å². The molecular weight excluding hydrogens is 480 g/mol. The fourth-order valence-electron chi connectivity index (χ4n) is 0.428. The Morgan fingerprint density at radius 3 is 1.42 bits per heavy atom. The van der Waals surface area contributed by atoms with Gasteiger partial charge in [0.05, 0.1) is 0 Å². The summed E-state index contributed by atoms with van der Waals surface area (Å²) in [6.07, 6.45) is 0. The van der Waals surface area contributed by atoms with Crippen LogP contribution >= 0.6 is 56.0 Å². The molecule has 0 aliphatic rings. The molecule has 0 heterocycles. The summed E-state index contributed by atoms with van der Waals surface area (Å²) in [5.74, 6) is -1.43. The summed E-state index contributed by atoms with van der Waals surface area (Å²) < 4.78 is 0. The molecule has 0 bridgehead atoms. The number of rotatable bonds is 0. The molecule has 6 heteroatoms. The Hall–Kier alpha value is 1.48. The van der Waals surface area contributed by atoms with E-state index < -0.39 is 5.90 Å². The van der Waals surface area contributed by atoms with E-state index in [4.69, 9.17) is 5.11 Å². The van der Waals surface area contributed by atoms with Crippen LogP contribution < -0.4 is 0 Å². The Morgan fingerprint density at radius 1 is 0.917 bits per heavy atom. The molecule has 0 atom stereocenters. The Labute approximate surface area is 102 Å². The first-order valence-electron chi connectivity index (χ1n) is 2.89. The fraction of sp³-hybridized carbons (Fsp3) is 0. The molecule has 0 spiro atoms. The molecule has 0 saturated carbocycles. The third-order valence-electron chi connectivity index (χ3n) is 0.756. The second-order valence-electron chi connectivity index (χ2n) is 1.76. The van der Waals surface area contributed by atoms with Gasteiger partial charge in [-0.15, -0.1) is 0 Å². The predicted molar refractivity (Wildman–Crippen MR) is 69.6 cm³/mol. The van der Waals surface area contributed by atoms with Crippen molar-refractivity contribution in [2.75, 3.05) is 0 Å². The topological polar surface area (TPSA) is 20.2 Å². The zero-order valence-corrected chi connectivity index (χ0v) is 14.3. The van der Waals surface area contributed by atoms with Crippen molar-refractivity contribution in [3.8, 4) is 5.75 Å². The first kappa shape index (κ1) is 13.5. The number of phenols is 1. The fourth-order valence-corrected chi connectivity index (χ4v) is 0.428. The molecule has 68 valence electrons. The van der Waals surface area contributed by atoms with Crippen molar-refractivity contribution in [1.82, 2.24) is 0 Å². The first-order chi connectivity index (χ1) is 5.39. The zero-order chi connectivity index (χ0) is 9.61. The molecule has 1 N–H and O–H groups in total. The summed E-state index contributed by atoms with van der Waals surface area (Å²) in [6, 6.07) is 8.71. The molecule has 0 aromatic heterocycles. The number of phenolic OH excluding ortho intramolecular Hbond substituents is 1. The number of hydrogen-bond acceptors (Lipinski definition) is 1. The van der Waals surface area contributed by atoms with Gasteiger partial charge in [-0.3, -0.25) is 0 Å². The Balaban J connectivity index is 0.000000217. The Bertz CT molecular complexity index is 205. The quantitative estimate of drug-likeness (QED) is 0.540. The van der Waals surface area contributed by atoms with Crippen molar-refractivity contribution in [2.24, 2.45) is 0 Å². The monoisotopic (exact) mass is 484 g/mol. The molecular formula is C6H6Br4GeO. The number of halogens is 4. The molecule has 12 heavy (non-hydrogen) atoms. The van der Waals surface area contributed by atoms with Crippen LogP contribution in [0.25, 0.3) is 0 Å². The summed E-state index contributed by atoms with van der Waals surface area (Å²) in [6.45, 7) is 0. The van der Waals surface area contributed by atoms with Crippen LogP contribution in [0.2, 0.25) is 0 Å². The zero-order valence-electron chi connectivity index (χ0n) is 5.85. The van der Waals surface area contributed by atoms with Gasteiger partial charge in [0, 0.05) is 0 Å². The van der Waals surface area contributed by atoms with E-state index in [0.29, 0.717) is 5.75 Å². The molecule has 0 radical (unpaired) electrons. The summed E-state index contributed by atoms with van der Waals surface area (Å²) in [7, 11) is 0. The molecule has 0 aliphatic carbocycles. The van der Waals surface area contributed by atoms with Crippen LogP contribution in [0.15, 0.2) is 30.3 Å². The van der Waals surface area contributed by atoms with Crippen molar-refractivity contribution < 1.29 is 5.11 Å². The van der Waals surface area contributed by atoms with Crippen molar-refractivity contribution in [3.63, 3.8) is 0 Å². The van der Waals surface area contributed by atoms with Crippen LogP contribution in [0.5, 0.6) is 5.75 Å². The van der Waals surface area contributed by atoms with Crippen molar-refractivity contribution in [2.45, 2.75) is 0 Å². The minimum atomic E-state index is -1.75. The van der Waals surface area contributed by atoms with Crippen LogP contribution in [0.4, 0.5) is 0 Å². The Morgan fingerprint density at radius 2 is 1.25 bits per heavy atom. The summed E-state index contributed by atoms with van der Waals surface area (Å²) in [5.41, 5.74) is 0. The van der Waals surface area contributed by atoms with Crippen molar-refractivity contribution >= 4 is 61.9 Å². The number of hydrogen-bond donors (Lipinski definition) is 1. The van der Waals surface area contributed by atoms with Crippen LogP contribution in [0.3, 0.4) is 0 Å². The van der Waals surface area contributed by atoms with Crippen molar-refractivity contribution in [1.29, 1.82) is 0 Å². The van der Waals surface area contributed by atoms with Gasteiger partial charge in [0.2, 0.25) is 0 Å². The first-order valence-corrected chi connectivity index (χ1v) is 22.5. The third kappa shape index (κ3) is 14.0. The Kier molecular flexibility index (Phi) is 7.71. The van der Waals surface area contributed by atoms with Crippen LogP contribution in [-0.4, -0.2) is 11.0 Å². The summed E-state index contributed by atoms with van der Waals surface area (Å²) >= 11 is 13.2. The van der Waals surface area contributed by atoms with Crippen LogP contribution in [0.1, 0.15) is 0 Å². The van der Waals surface area contributed by atoms with E-state index >= 15 is 0 Å². The van der Waals surface area contributed by atoms with Crippen LogP contribution in [0, 0.1) is 0 Å². The van der Waals surface area contributed by atoms with Gasteiger partial charge in [0.1, 0.15) is 5.75 Å². The standard InChI is InChI=1S/C6H6O.Br4Ge/c7-6-4-2-1-3-5-6;1-5(2,3)4/h1-5,7H;. The van der Waals surface area contributed by atoms with Gasteiger partial charge in [0.25, 0.3) is 0 Å². The van der Waals surface area contributed by atoms with E-state index in [9.17, 15) is 0 Å². The molecule has 0 saturated heterocycles. The molecule has 0 unspecified atom stereocenters. The van der Waals surface area contributed by atoms with Gasteiger partial charge < -0.3 is 5.11 Å². The van der Waals surface area contributed by atoms with Crippen LogP contribution in [-0.2, 0) is 0 Å². The number of para-hydroxylation sites is 1. The third-order valence-corrected chi connectivity index (χ3v) is 0.756. The summed E-state index contributed by atoms with van der Waals surface area (Å²) in [4.78, 5) is 0. The van der Waals surface area contributed by atoms with Gasteiger partial charge in [-0.25, -0.2) is 0 Å². The maximum absolute atomic E-state index is 8.63. The normalized spacial score (nSPS) is 10.0. The van der Waals surface area contributed by atoms with Gasteiger partial charge >= 0.3 is 61.9 Å². The molecule has 1 aromatic carbocycles. The molecule has 1 rings (SSSR count). The van der Waals surface area contributed by atoms with Gasteiger partial charge in [0.15, 0.2) is 0 Å². The molecule has 1 nitrogen and oxygen atoms in total. The number of benzene rings is 1. The van der Waals surface area contributed by atoms with E-state index in [1.54, 1.807) is 24.3 Å². The molecule has 1 aromatic rings. The van der Waals surface area contributed by atoms with E-state index in [-0.39, 0.29) is 0 Å². The average Bonchev–Trinajstić information content (AvgIpc) is 1.85. The molecule has 0 aliphatic heterocycles. The molecule has 0 amide bonds. The van der Waals surface area contributed by atoms with Gasteiger partial charge in [-0.2, -0.15) is 0 Å². The maximum atomic E-state index is 8.63. The van der Waals surface area contributed by atoms with Crippen molar-refractivity contribution in [3.05, 3.63) is 30.3 Å². The van der Waals surface area contributed by atoms with E-state index in [1.165, 1.54) is 0 Å². The SMILES string of the molecule is Oc1ccccc1.[Br][Ge]([Br])([Br])[Br]. The van der Waals surface area contributed by atoms with E-state index in [1.807, 2.05) is 6.07 Å². The molecule has 0 fully saturated rings. The second kappa shape index (κ2) is 6.87. The van der Waals surface area contributed by atoms with Gasteiger partial charge in [-0.05, 0) is 12.1 Å². The average molecular weight is 486 g/mol. The second-order valence-corrected chi connectivity index (χ2v) is 61.5. The van der Waals surface area contributed by atoms with Gasteiger partial charge in [-0.1, -0.05) is 18.2 Å².